The summed E-state index contributed by atoms with van der Waals surface area (Å²) < 4.78 is 4.46. The monoisotopic (exact) mass is 206 g/mol. The van der Waals surface area contributed by atoms with Crippen LogP contribution in [0.25, 0.3) is 0 Å². The Morgan fingerprint density at radius 3 is 1.57 bits per heavy atom. The molecule has 0 aromatic heterocycles. The van der Waals surface area contributed by atoms with Gasteiger partial charge in [0.2, 0.25) is 0 Å². The molecule has 0 aromatic carbocycles. The van der Waals surface area contributed by atoms with Gasteiger partial charge >= 0.3 is 17.9 Å². The first-order valence-corrected chi connectivity index (χ1v) is 3.56. The van der Waals surface area contributed by atoms with E-state index in [0.717, 1.165) is 7.11 Å². The van der Waals surface area contributed by atoms with E-state index in [9.17, 15) is 14.4 Å². The molecule has 7 heteroatoms. The van der Waals surface area contributed by atoms with Gasteiger partial charge < -0.3 is 20.1 Å². The molecule has 0 heterocycles. The van der Waals surface area contributed by atoms with Crippen LogP contribution in [-0.4, -0.2) is 45.9 Å². The fraction of sp³-hybridized carbons (Fsp3) is 0.571. The molecule has 0 bridgehead atoms. The molecule has 0 saturated heterocycles. The minimum atomic E-state index is -2.20. The molecule has 0 aliphatic rings. The molecule has 0 saturated carbocycles. The highest BCUT2D eigenvalue weighted by molar-refractivity contribution is 5.88. The van der Waals surface area contributed by atoms with Gasteiger partial charge in [-0.15, -0.1) is 0 Å². The highest BCUT2D eigenvalue weighted by atomic mass is 16.5. The van der Waals surface area contributed by atoms with Crippen molar-refractivity contribution in [3.63, 3.8) is 0 Å². The van der Waals surface area contributed by atoms with E-state index in [1.54, 1.807) is 0 Å². The fourth-order valence-corrected chi connectivity index (χ4v) is 0.934. The van der Waals surface area contributed by atoms with Crippen LogP contribution in [0.1, 0.15) is 12.8 Å². The summed E-state index contributed by atoms with van der Waals surface area (Å²) in [6.45, 7) is 0. The molecule has 0 unspecified atom stereocenters. The molecule has 3 N–H and O–H groups in total. The van der Waals surface area contributed by atoms with Gasteiger partial charge in [-0.05, 0) is 0 Å². The predicted molar refractivity (Wildman–Crippen MR) is 41.9 cm³/mol. The van der Waals surface area contributed by atoms with E-state index in [0.29, 0.717) is 0 Å². The van der Waals surface area contributed by atoms with Crippen LogP contribution in [-0.2, 0) is 19.1 Å². The zero-order chi connectivity index (χ0) is 11.4. The number of methoxy groups -OCH3 is 1. The minimum Gasteiger partial charge on any atom is -0.481 e. The van der Waals surface area contributed by atoms with Gasteiger partial charge in [0.1, 0.15) is 0 Å². The van der Waals surface area contributed by atoms with Gasteiger partial charge in [0.25, 0.3) is 0 Å². The number of hydrogen-bond donors (Lipinski definition) is 3. The smallest absolute Gasteiger partial charge is 0.337 e. The van der Waals surface area contributed by atoms with Crippen molar-refractivity contribution in [1.29, 1.82) is 0 Å². The zero-order valence-corrected chi connectivity index (χ0v) is 7.39. The van der Waals surface area contributed by atoms with Crippen molar-refractivity contribution >= 4 is 17.9 Å². The summed E-state index contributed by atoms with van der Waals surface area (Å²) in [5, 5.41) is 25.5. The SMILES string of the molecule is COC(CC(=O)O)(CC(=O)O)C(=O)O. The van der Waals surface area contributed by atoms with Gasteiger partial charge in [0.05, 0.1) is 12.8 Å². The first kappa shape index (κ1) is 12.4. The van der Waals surface area contributed by atoms with Crippen LogP contribution in [0, 0.1) is 0 Å². The van der Waals surface area contributed by atoms with Crippen LogP contribution in [0.3, 0.4) is 0 Å². The Bertz CT molecular complexity index is 241. The third-order valence-corrected chi connectivity index (χ3v) is 1.65. The zero-order valence-electron chi connectivity index (χ0n) is 7.39. The largest absolute Gasteiger partial charge is 0.481 e. The van der Waals surface area contributed by atoms with E-state index in [1.807, 2.05) is 0 Å². The predicted octanol–water partition coefficient (Wildman–Crippen LogP) is -0.594. The second-order valence-electron chi connectivity index (χ2n) is 2.64. The quantitative estimate of drug-likeness (QED) is 0.530. The lowest BCUT2D eigenvalue weighted by Gasteiger charge is -2.23. The average Bonchev–Trinajstić information content (AvgIpc) is 2.00. The van der Waals surface area contributed by atoms with Crippen LogP contribution < -0.4 is 0 Å². The van der Waals surface area contributed by atoms with Gasteiger partial charge in [-0.1, -0.05) is 0 Å². The third kappa shape index (κ3) is 3.02. The van der Waals surface area contributed by atoms with Crippen LogP contribution in [0.4, 0.5) is 0 Å². The number of carbonyl (C=O) groups is 3. The maximum Gasteiger partial charge on any atom is 0.337 e. The van der Waals surface area contributed by atoms with Crippen molar-refractivity contribution in [1.82, 2.24) is 0 Å². The maximum absolute atomic E-state index is 10.7. The summed E-state index contributed by atoms with van der Waals surface area (Å²) in [7, 11) is 0.958. The molecule has 0 aliphatic heterocycles. The van der Waals surface area contributed by atoms with E-state index >= 15 is 0 Å². The molecule has 0 radical (unpaired) electrons. The molecule has 0 rings (SSSR count). The van der Waals surface area contributed by atoms with E-state index in [2.05, 4.69) is 4.74 Å². The summed E-state index contributed by atoms with van der Waals surface area (Å²) >= 11 is 0. The van der Waals surface area contributed by atoms with Crippen molar-refractivity contribution < 1.29 is 34.4 Å². The highest BCUT2D eigenvalue weighted by Crippen LogP contribution is 2.20. The Hall–Kier alpha value is -1.63. The number of carboxylic acid groups (broad SMARTS) is 3. The molecule has 14 heavy (non-hydrogen) atoms. The lowest BCUT2D eigenvalue weighted by Crippen LogP contribution is -2.44. The van der Waals surface area contributed by atoms with E-state index < -0.39 is 36.4 Å². The molecular formula is C7H10O7. The fourth-order valence-electron chi connectivity index (χ4n) is 0.934. The Balaban J connectivity index is 4.87. The second-order valence-corrected chi connectivity index (χ2v) is 2.64. The van der Waals surface area contributed by atoms with Crippen LogP contribution in [0.5, 0.6) is 0 Å². The number of carboxylic acids is 3. The number of ether oxygens (including phenoxy) is 1. The molecule has 0 spiro atoms. The minimum absolute atomic E-state index is 0.898. The number of rotatable bonds is 6. The summed E-state index contributed by atoms with van der Waals surface area (Å²) in [4.78, 5) is 31.3. The molecule has 7 nitrogen and oxygen atoms in total. The molecule has 0 amide bonds. The van der Waals surface area contributed by atoms with Crippen molar-refractivity contribution in [2.75, 3.05) is 7.11 Å². The third-order valence-electron chi connectivity index (χ3n) is 1.65. The molecular weight excluding hydrogens is 196 g/mol. The van der Waals surface area contributed by atoms with Gasteiger partial charge in [0.15, 0.2) is 5.60 Å². The molecule has 0 aromatic rings. The average molecular weight is 206 g/mol. The molecule has 80 valence electrons. The Kier molecular flexibility index (Phi) is 4.03. The van der Waals surface area contributed by atoms with Crippen molar-refractivity contribution in [3.8, 4) is 0 Å². The van der Waals surface area contributed by atoms with Gasteiger partial charge in [-0.25, -0.2) is 4.79 Å². The Morgan fingerprint density at radius 1 is 1.07 bits per heavy atom. The van der Waals surface area contributed by atoms with Crippen molar-refractivity contribution in [3.05, 3.63) is 0 Å². The van der Waals surface area contributed by atoms with Crippen molar-refractivity contribution in [2.45, 2.75) is 18.4 Å². The summed E-state index contributed by atoms with van der Waals surface area (Å²) in [6, 6.07) is 0. The lowest BCUT2D eigenvalue weighted by molar-refractivity contribution is -0.174. The first-order chi connectivity index (χ1) is 6.34. The van der Waals surface area contributed by atoms with Gasteiger partial charge in [-0.3, -0.25) is 9.59 Å². The maximum atomic E-state index is 10.7. The van der Waals surface area contributed by atoms with E-state index in [4.69, 9.17) is 15.3 Å². The molecule has 0 atom stereocenters. The van der Waals surface area contributed by atoms with Gasteiger partial charge in [0, 0.05) is 7.11 Å². The van der Waals surface area contributed by atoms with E-state index in [1.165, 1.54) is 0 Å². The number of aliphatic carboxylic acids is 3. The van der Waals surface area contributed by atoms with Crippen LogP contribution in [0.2, 0.25) is 0 Å². The van der Waals surface area contributed by atoms with Crippen LogP contribution in [0.15, 0.2) is 0 Å². The van der Waals surface area contributed by atoms with Crippen molar-refractivity contribution in [2.24, 2.45) is 0 Å². The summed E-state index contributed by atoms with van der Waals surface area (Å²) in [5.41, 5.74) is -2.20. The lowest BCUT2D eigenvalue weighted by atomic mass is 9.95. The molecule has 0 aliphatic carbocycles. The summed E-state index contributed by atoms with van der Waals surface area (Å²) in [6.07, 6.45) is -1.80. The standard InChI is InChI=1S/C7H10O7/c1-14-7(6(12)13,2-4(8)9)3-5(10)11/h2-3H2,1H3,(H,8,9)(H,10,11)(H,12,13). The van der Waals surface area contributed by atoms with Gasteiger partial charge in [-0.2, -0.15) is 0 Å². The normalized spacial score (nSPS) is 10.9. The Morgan fingerprint density at radius 2 is 1.43 bits per heavy atom. The van der Waals surface area contributed by atoms with E-state index in [-0.39, 0.29) is 0 Å². The first-order valence-electron chi connectivity index (χ1n) is 3.56. The highest BCUT2D eigenvalue weighted by Gasteiger charge is 2.43. The second kappa shape index (κ2) is 4.56. The topological polar surface area (TPSA) is 121 Å². The van der Waals surface area contributed by atoms with Crippen LogP contribution >= 0.6 is 0 Å². The Labute approximate surface area is 78.9 Å². The summed E-state index contributed by atoms with van der Waals surface area (Å²) in [5.74, 6) is -4.48. The number of hydrogen-bond acceptors (Lipinski definition) is 4. The molecule has 0 fully saturated rings.